The third-order valence-corrected chi connectivity index (χ3v) is 3.64. The molecule has 7 nitrogen and oxygen atoms in total. The van der Waals surface area contributed by atoms with Gasteiger partial charge in [-0.05, 0) is 25.1 Å². The lowest BCUT2D eigenvalue weighted by Crippen LogP contribution is -2.56. The molecule has 1 saturated heterocycles. The van der Waals surface area contributed by atoms with Gasteiger partial charge in [-0.3, -0.25) is 9.59 Å². The molecule has 2 rings (SSSR count). The van der Waals surface area contributed by atoms with E-state index in [2.05, 4.69) is 16.0 Å². The van der Waals surface area contributed by atoms with Gasteiger partial charge in [0, 0.05) is 25.2 Å². The highest BCUT2D eigenvalue weighted by atomic mass is 35.5. The zero-order valence-electron chi connectivity index (χ0n) is 13.8. The lowest BCUT2D eigenvalue weighted by atomic mass is 10.1. The van der Waals surface area contributed by atoms with Gasteiger partial charge in [-0.2, -0.15) is 0 Å². The highest BCUT2D eigenvalue weighted by molar-refractivity contribution is 5.94. The van der Waals surface area contributed by atoms with Crippen LogP contribution in [0.2, 0.25) is 0 Å². The Kier molecular flexibility index (Phi) is 8.53. The van der Waals surface area contributed by atoms with Crippen LogP contribution in [-0.2, 0) is 9.53 Å². The number of benzene rings is 1. The first kappa shape index (κ1) is 20.2. The summed E-state index contributed by atoms with van der Waals surface area (Å²) in [6.45, 7) is 3.85. The Labute approximate surface area is 147 Å². The van der Waals surface area contributed by atoms with Gasteiger partial charge in [0.15, 0.2) is 0 Å². The fourth-order valence-electron chi connectivity index (χ4n) is 2.37. The molecule has 2 atom stereocenters. The molecule has 24 heavy (non-hydrogen) atoms. The van der Waals surface area contributed by atoms with Crippen molar-refractivity contribution in [2.24, 2.45) is 0 Å². The number of rotatable bonds is 6. The molecule has 1 aliphatic rings. The second kappa shape index (κ2) is 10.1. The maximum atomic E-state index is 12.0. The number of nitrogens with one attached hydrogen (secondary N) is 3. The summed E-state index contributed by atoms with van der Waals surface area (Å²) >= 11 is 0. The lowest BCUT2D eigenvalue weighted by Gasteiger charge is -2.29. The number of ether oxygens (including phenoxy) is 2. The maximum absolute atomic E-state index is 12.0. The largest absolute Gasteiger partial charge is 0.497 e. The highest BCUT2D eigenvalue weighted by Crippen LogP contribution is 2.12. The van der Waals surface area contributed by atoms with Crippen molar-refractivity contribution in [1.82, 2.24) is 16.0 Å². The highest BCUT2D eigenvalue weighted by Gasteiger charge is 2.27. The SMILES string of the molecule is COc1cccc(C(=O)NCCNC(=O)[C@H]2NCCO[C@@H]2C)c1.Cl. The molecule has 0 aliphatic carbocycles. The van der Waals surface area contributed by atoms with Crippen molar-refractivity contribution in [2.45, 2.75) is 19.1 Å². The zero-order valence-corrected chi connectivity index (χ0v) is 14.7. The van der Waals surface area contributed by atoms with E-state index in [0.717, 1.165) is 0 Å². The Balaban J connectivity index is 0.00000288. The number of carbonyl (C=O) groups is 2. The Hall–Kier alpha value is -1.83. The van der Waals surface area contributed by atoms with E-state index in [-0.39, 0.29) is 36.4 Å². The van der Waals surface area contributed by atoms with Gasteiger partial charge in [0.05, 0.1) is 19.8 Å². The molecule has 1 fully saturated rings. The summed E-state index contributed by atoms with van der Waals surface area (Å²) in [4.78, 5) is 24.0. The number of amides is 2. The molecular weight excluding hydrogens is 334 g/mol. The first-order valence-corrected chi connectivity index (χ1v) is 7.67. The van der Waals surface area contributed by atoms with Gasteiger partial charge in [0.25, 0.3) is 5.91 Å². The monoisotopic (exact) mass is 357 g/mol. The van der Waals surface area contributed by atoms with Gasteiger partial charge < -0.3 is 25.4 Å². The molecule has 0 spiro atoms. The molecular formula is C16H24ClN3O4. The standard InChI is InChI=1S/C16H23N3O4.ClH/c1-11-14(17-8-9-23-11)16(21)19-7-6-18-15(20)12-4-3-5-13(10-12)22-2;/h3-5,10-11,14,17H,6-9H2,1-2H3,(H,18,20)(H,19,21);1H/t11-,14+;/m1./s1. The number of morpholine rings is 1. The Morgan fingerprint density at radius 2 is 2.08 bits per heavy atom. The predicted molar refractivity (Wildman–Crippen MR) is 92.8 cm³/mol. The minimum atomic E-state index is -0.349. The van der Waals surface area contributed by atoms with Crippen molar-refractivity contribution in [3.8, 4) is 5.75 Å². The average Bonchev–Trinajstić information content (AvgIpc) is 2.58. The van der Waals surface area contributed by atoms with Crippen LogP contribution in [0.4, 0.5) is 0 Å². The molecule has 1 aromatic carbocycles. The number of hydrogen-bond donors (Lipinski definition) is 3. The summed E-state index contributed by atoms with van der Waals surface area (Å²) in [6, 6.07) is 6.56. The van der Waals surface area contributed by atoms with E-state index in [0.29, 0.717) is 37.6 Å². The molecule has 0 bridgehead atoms. The molecule has 8 heteroatoms. The molecule has 1 aromatic rings. The molecule has 2 amide bonds. The predicted octanol–water partition coefficient (Wildman–Crippen LogP) is 0.340. The van der Waals surface area contributed by atoms with Crippen LogP contribution in [0.3, 0.4) is 0 Å². The Bertz CT molecular complexity index is 556. The molecule has 1 heterocycles. The van der Waals surface area contributed by atoms with E-state index < -0.39 is 0 Å². The summed E-state index contributed by atoms with van der Waals surface area (Å²) in [6.07, 6.45) is -0.157. The molecule has 0 aromatic heterocycles. The van der Waals surface area contributed by atoms with Gasteiger partial charge in [-0.25, -0.2) is 0 Å². The van der Waals surface area contributed by atoms with Gasteiger partial charge in [-0.1, -0.05) is 6.07 Å². The number of carbonyl (C=O) groups excluding carboxylic acids is 2. The second-order valence-corrected chi connectivity index (χ2v) is 5.29. The van der Waals surface area contributed by atoms with Crippen LogP contribution in [0.5, 0.6) is 5.75 Å². The van der Waals surface area contributed by atoms with Crippen LogP contribution in [0.15, 0.2) is 24.3 Å². The van der Waals surface area contributed by atoms with E-state index >= 15 is 0 Å². The van der Waals surface area contributed by atoms with E-state index in [1.807, 2.05) is 6.92 Å². The van der Waals surface area contributed by atoms with Crippen LogP contribution >= 0.6 is 12.4 Å². The number of hydrogen-bond acceptors (Lipinski definition) is 5. The molecule has 134 valence electrons. The van der Waals surface area contributed by atoms with Crippen molar-refractivity contribution < 1.29 is 19.1 Å². The lowest BCUT2D eigenvalue weighted by molar-refractivity contribution is -0.128. The molecule has 1 aliphatic heterocycles. The smallest absolute Gasteiger partial charge is 0.251 e. The second-order valence-electron chi connectivity index (χ2n) is 5.29. The van der Waals surface area contributed by atoms with Crippen molar-refractivity contribution in [2.75, 3.05) is 33.4 Å². The van der Waals surface area contributed by atoms with Gasteiger partial charge in [-0.15, -0.1) is 12.4 Å². The van der Waals surface area contributed by atoms with Crippen LogP contribution in [0, 0.1) is 0 Å². The first-order valence-electron chi connectivity index (χ1n) is 7.67. The first-order chi connectivity index (χ1) is 11.1. The van der Waals surface area contributed by atoms with Crippen LogP contribution in [0.25, 0.3) is 0 Å². The Morgan fingerprint density at radius 3 is 2.79 bits per heavy atom. The molecule has 3 N–H and O–H groups in total. The molecule has 0 radical (unpaired) electrons. The molecule has 0 saturated carbocycles. The minimum absolute atomic E-state index is 0. The van der Waals surface area contributed by atoms with Gasteiger partial charge in [0.1, 0.15) is 11.8 Å². The van der Waals surface area contributed by atoms with Crippen molar-refractivity contribution >= 4 is 24.2 Å². The summed E-state index contributed by atoms with van der Waals surface area (Å²) in [7, 11) is 1.55. The third kappa shape index (κ3) is 5.67. The van der Waals surface area contributed by atoms with Crippen LogP contribution in [-0.4, -0.2) is 57.3 Å². The van der Waals surface area contributed by atoms with Crippen LogP contribution < -0.4 is 20.7 Å². The van der Waals surface area contributed by atoms with Gasteiger partial charge >= 0.3 is 0 Å². The van der Waals surface area contributed by atoms with Crippen molar-refractivity contribution in [3.05, 3.63) is 29.8 Å². The van der Waals surface area contributed by atoms with E-state index in [1.54, 1.807) is 31.4 Å². The van der Waals surface area contributed by atoms with E-state index in [1.165, 1.54) is 0 Å². The quantitative estimate of drug-likeness (QED) is 0.639. The van der Waals surface area contributed by atoms with Crippen LogP contribution in [0.1, 0.15) is 17.3 Å². The Morgan fingerprint density at radius 1 is 1.33 bits per heavy atom. The maximum Gasteiger partial charge on any atom is 0.251 e. The van der Waals surface area contributed by atoms with Crippen molar-refractivity contribution in [1.29, 1.82) is 0 Å². The fourth-order valence-corrected chi connectivity index (χ4v) is 2.37. The van der Waals surface area contributed by atoms with Gasteiger partial charge in [0.2, 0.25) is 5.91 Å². The molecule has 0 unspecified atom stereocenters. The summed E-state index contributed by atoms with van der Waals surface area (Å²) in [5, 5.41) is 8.67. The number of methoxy groups -OCH3 is 1. The normalized spacial score (nSPS) is 19.8. The summed E-state index contributed by atoms with van der Waals surface area (Å²) in [5.41, 5.74) is 0.520. The topological polar surface area (TPSA) is 88.7 Å². The minimum Gasteiger partial charge on any atom is -0.497 e. The zero-order chi connectivity index (χ0) is 16.7. The van der Waals surface area contributed by atoms with Crippen molar-refractivity contribution in [3.63, 3.8) is 0 Å². The van der Waals surface area contributed by atoms with E-state index in [9.17, 15) is 9.59 Å². The average molecular weight is 358 g/mol. The summed E-state index contributed by atoms with van der Waals surface area (Å²) in [5.74, 6) is 0.307. The third-order valence-electron chi connectivity index (χ3n) is 3.64. The summed E-state index contributed by atoms with van der Waals surface area (Å²) < 4.78 is 10.5. The van der Waals surface area contributed by atoms with E-state index in [4.69, 9.17) is 9.47 Å². The number of halogens is 1. The fraction of sp³-hybridized carbons (Fsp3) is 0.500.